The van der Waals surface area contributed by atoms with E-state index >= 15 is 0 Å². The lowest BCUT2D eigenvalue weighted by molar-refractivity contribution is -0.140. The fourth-order valence-electron chi connectivity index (χ4n) is 12.8. The van der Waals surface area contributed by atoms with Gasteiger partial charge in [0.1, 0.15) is 19.5 Å². The fraction of sp³-hybridized carbons (Fsp3) is 0.595. The zero-order valence-electron chi connectivity index (χ0n) is 90.2. The molecule has 6 atom stereocenters. The lowest BCUT2D eigenvalue weighted by Gasteiger charge is -2.42. The second-order valence-electron chi connectivity index (χ2n) is 36.5. The van der Waals surface area contributed by atoms with E-state index in [4.69, 9.17) is 50.1 Å². The first-order chi connectivity index (χ1) is 64.0. The molecule has 0 fully saturated rings. The second kappa shape index (κ2) is 95.3. The van der Waals surface area contributed by atoms with Crippen molar-refractivity contribution in [3.05, 3.63) is 247 Å². The average Bonchev–Trinajstić information content (AvgIpc) is 0.747. The van der Waals surface area contributed by atoms with Crippen molar-refractivity contribution in [1.82, 2.24) is 0 Å². The van der Waals surface area contributed by atoms with Crippen LogP contribution >= 0.6 is 29.0 Å². The van der Waals surface area contributed by atoms with Gasteiger partial charge in [0.25, 0.3) is 8.32 Å². The van der Waals surface area contributed by atoms with Gasteiger partial charge in [0.15, 0.2) is 0 Å². The number of hydrogen-bond donors (Lipinski definition) is 7. The van der Waals surface area contributed by atoms with E-state index in [1.807, 2.05) is 97.9 Å². The normalized spacial score (nSPS) is 13.9. The molecule has 7 N–H and O–H groups in total. The Balaban J connectivity index is -0.000000363. The van der Waals surface area contributed by atoms with Crippen LogP contribution in [0.3, 0.4) is 0 Å². The summed E-state index contributed by atoms with van der Waals surface area (Å²) >= 11 is 5.61. The van der Waals surface area contributed by atoms with Gasteiger partial charge in [-0.15, -0.1) is 11.6 Å². The van der Waals surface area contributed by atoms with Crippen molar-refractivity contribution in [1.29, 1.82) is 0 Å². The lowest BCUT2D eigenvalue weighted by Crippen LogP contribution is -2.66. The van der Waals surface area contributed by atoms with Gasteiger partial charge in [-0.25, -0.2) is 0 Å². The smallest absolute Gasteiger partial charge is 0.302 e. The Bertz CT molecular complexity index is 3740. The molecule has 0 saturated carbocycles. The van der Waals surface area contributed by atoms with Gasteiger partial charge in [0.05, 0.1) is 70.3 Å². The Kier molecular flexibility index (Phi) is 98.4. The number of allylic oxidation sites excluding steroid dienone is 21. The highest BCUT2D eigenvalue weighted by molar-refractivity contribution is 8.00. The van der Waals surface area contributed by atoms with Crippen LogP contribution in [0.1, 0.15) is 367 Å². The van der Waals surface area contributed by atoms with Gasteiger partial charge >= 0.3 is 11.9 Å². The van der Waals surface area contributed by atoms with Crippen LogP contribution in [-0.4, -0.2) is 146 Å². The van der Waals surface area contributed by atoms with Crippen molar-refractivity contribution in [2.24, 2.45) is 0 Å². The van der Waals surface area contributed by atoms with Crippen molar-refractivity contribution in [2.75, 3.05) is 59.2 Å². The van der Waals surface area contributed by atoms with Gasteiger partial charge in [-0.3, -0.25) is 14.4 Å². The Hall–Kier alpha value is -6.30. The maximum absolute atomic E-state index is 10.5. The van der Waals surface area contributed by atoms with Crippen molar-refractivity contribution >= 4 is 65.9 Å². The van der Waals surface area contributed by atoms with Gasteiger partial charge in [0.2, 0.25) is 0 Å². The highest BCUT2D eigenvalue weighted by Gasteiger charge is 2.50. The third-order valence-corrected chi connectivity index (χ3v) is 28.0. The van der Waals surface area contributed by atoms with Crippen molar-refractivity contribution < 1.29 is 73.3 Å². The lowest BCUT2D eigenvalue weighted by atomic mass is 10.0. The van der Waals surface area contributed by atoms with Crippen LogP contribution in [0.4, 0.5) is 0 Å². The molecule has 0 aliphatic rings. The van der Waals surface area contributed by atoms with Gasteiger partial charge in [0, 0.05) is 28.2 Å². The predicted molar refractivity (Wildman–Crippen MR) is 593 cm³/mol. The number of unbranched alkanes of at least 4 members (excludes halogenated alkanes) is 4. The Labute approximate surface area is 836 Å². The molecule has 2 aromatic rings. The number of benzene rings is 2. The van der Waals surface area contributed by atoms with Gasteiger partial charge in [-0.05, 0) is 315 Å². The minimum absolute atomic E-state index is 0.00801. The van der Waals surface area contributed by atoms with Crippen LogP contribution in [0.15, 0.2) is 247 Å². The van der Waals surface area contributed by atoms with E-state index < -0.39 is 8.32 Å². The molecule has 2 rings (SSSR count). The molecule has 0 aromatic heterocycles. The molecule has 0 aliphatic carbocycles. The maximum Gasteiger partial charge on any atom is 0.302 e. The predicted octanol–water partition coefficient (Wildman–Crippen LogP) is 29.6. The number of halogens is 1. The molecule has 15 nitrogen and oxygen atoms in total. The van der Waals surface area contributed by atoms with Crippen LogP contribution in [0.5, 0.6) is 0 Å². The molecule has 135 heavy (non-hydrogen) atoms. The van der Waals surface area contributed by atoms with Crippen LogP contribution in [0.2, 0.25) is 5.04 Å². The zero-order valence-corrected chi connectivity index (χ0v) is 94.1. The number of carbonyl (C=O) groups is 3. The average molecular weight is 1960 g/mol. The van der Waals surface area contributed by atoms with E-state index in [1.165, 1.54) is 74.4 Å². The summed E-state index contributed by atoms with van der Waals surface area (Å²) in [5.74, 6) is 1.06. The SMILES string of the molecule is C/C(C=O)=C\CC/C(C)=C/CO.CC(=O)OC/C=C(\C)CCC=C(C)C.CC(C)=CCC/C(C)=C/CO.CCCCC(O)/C(C)=C/CC/C(C)=C/CCl.CCCCC(O)/C(C)=C/CC/C(C)=C/CO.CCCCC(O)/C(C)=C/CC/C(C)=C/COPP.CCCCC(O)/C(C)=C/CC/C(C)=C/CO[Si](c1ccccc1)(c1ccccc1)C(C)(C)C.CO/C(C)=C/CC/C(C)=C/COC(C)=O. The van der Waals surface area contributed by atoms with E-state index in [2.05, 4.69) is 229 Å². The second-order valence-corrected chi connectivity index (χ2v) is 42.3. The monoisotopic (exact) mass is 1960 g/mol. The van der Waals surface area contributed by atoms with E-state index in [0.29, 0.717) is 40.8 Å². The summed E-state index contributed by atoms with van der Waals surface area (Å²) in [6.07, 6.45) is 60.7. The third kappa shape index (κ3) is 88.8. The molecular formula is C116H197ClO15P2Si. The first-order valence-electron chi connectivity index (χ1n) is 49.7. The van der Waals surface area contributed by atoms with E-state index in [1.54, 1.807) is 20.1 Å². The topological polar surface area (TPSA) is 239 Å². The minimum atomic E-state index is -2.48. The van der Waals surface area contributed by atoms with Gasteiger partial charge in [-0.2, -0.15) is 0 Å². The quantitative estimate of drug-likeness (QED) is 0.00375. The highest BCUT2D eigenvalue weighted by atomic mass is 35.5. The number of esters is 2. The molecule has 2 aromatic carbocycles. The molecule has 0 radical (unpaired) electrons. The van der Waals surface area contributed by atoms with Crippen molar-refractivity contribution in [3.8, 4) is 0 Å². The number of hydrogen-bond acceptors (Lipinski definition) is 15. The van der Waals surface area contributed by atoms with Crippen LogP contribution in [-0.2, 0) is 37.5 Å². The number of methoxy groups -OCH3 is 1. The summed E-state index contributed by atoms with van der Waals surface area (Å²) in [5, 5.41) is 68.1. The summed E-state index contributed by atoms with van der Waals surface area (Å²) in [6.45, 7) is 57.6. The largest absolute Gasteiger partial charge is 0.502 e. The standard InChI is InChI=1S/C30H44O2Si.C14H25ClO.C14H28O2P2.C14H26O2.C12H20O3.C12H20O2.C10H16O2.C10H18O/c1-7-8-22-29(31)26(3)17-15-16-25(2)23-24-32-33(30(4,5)6,27-18-11-9-12-19-27)28-20-13-10-14-21-28;1-4-5-9-14(16)13(3)8-6-7-12(2)10-11-15;1-4-5-9-14(15)13(3)8-6-7-12(2)10-11-16-18-17;1-4-5-9-14(16)13(3)8-6-7-12(2)10-11-15;1-10(8-9-15-12(3)13)6-5-7-11(2)14-4;1-10(2)6-5-7-11(3)8-9-14-12(4)13;1-9(6-7-11)4-3-5-10(2)8-12;1-9(2)5-4-6-10(3)7-8-11/h9-14,17-21,23,29,31H,7-8,15-16,22,24H2,1-6H3;8,10,14,16H,4-7,9,11H2,1-3H3;8,10,14-15,18H,4-7,9,11,17H2,1-3H3;8,10,14-16H,4-7,9,11H2,1-3H3;7-8H,5-6,9H2,1-4H3;6,8H,5,7,9H2,1-4H3;5-6,8,11H,3-4,7H2,1-2H3;5,7,11H,4,6,8H2,1-3H3/b25-23+,26-17+;3*12-10+,13-8+;10-8+,11-7+;11-8+;9-6+,10-5+;10-7+. The summed E-state index contributed by atoms with van der Waals surface area (Å²) in [7, 11) is 2.23. The number of carbonyl (C=O) groups excluding carboxylic acids is 3. The molecule has 0 spiro atoms. The number of aldehydes is 1. The number of aliphatic hydroxyl groups is 7. The molecular weight excluding hydrogens is 1760 g/mol. The molecule has 0 bridgehead atoms. The molecule has 19 heteroatoms. The van der Waals surface area contributed by atoms with Crippen molar-refractivity contribution in [3.63, 3.8) is 0 Å². The maximum atomic E-state index is 10.5. The number of aliphatic hydroxyl groups excluding tert-OH is 7. The first kappa shape index (κ1) is 139. The summed E-state index contributed by atoms with van der Waals surface area (Å²) in [6, 6.07) is 21.6. The third-order valence-electron chi connectivity index (χ3n) is 22.0. The molecule has 772 valence electrons. The highest BCUT2D eigenvalue weighted by Crippen LogP contribution is 2.37. The molecule has 0 amide bonds. The molecule has 0 heterocycles. The minimum Gasteiger partial charge on any atom is -0.502 e. The zero-order chi connectivity index (χ0) is 104. The summed E-state index contributed by atoms with van der Waals surface area (Å²) < 4.78 is 26.9. The Morgan fingerprint density at radius 3 is 0.904 bits per heavy atom. The molecule has 0 saturated heterocycles. The Morgan fingerprint density at radius 2 is 0.652 bits per heavy atom. The van der Waals surface area contributed by atoms with Crippen molar-refractivity contribution in [2.45, 2.75) is 396 Å². The summed E-state index contributed by atoms with van der Waals surface area (Å²) in [5.41, 5.74) is 18.0. The van der Waals surface area contributed by atoms with Gasteiger partial charge in [-0.1, -0.05) is 304 Å². The first-order valence-corrected chi connectivity index (χ1v) is 54.9. The number of alkyl halides is 1. The van der Waals surface area contributed by atoms with E-state index in [9.17, 15) is 34.8 Å². The molecule has 0 aliphatic heterocycles. The van der Waals surface area contributed by atoms with E-state index in [0.717, 1.165) is 225 Å². The Morgan fingerprint density at radius 1 is 0.385 bits per heavy atom. The van der Waals surface area contributed by atoms with E-state index in [-0.39, 0.29) is 61.2 Å². The molecule has 6 unspecified atom stereocenters. The van der Waals surface area contributed by atoms with Gasteiger partial charge < -0.3 is 58.9 Å². The number of ether oxygens (including phenoxy) is 3. The van der Waals surface area contributed by atoms with Crippen LogP contribution in [0, 0.1) is 0 Å². The van der Waals surface area contributed by atoms with Crippen LogP contribution in [0.25, 0.3) is 0 Å². The van der Waals surface area contributed by atoms with Crippen LogP contribution < -0.4 is 10.4 Å². The number of rotatable bonds is 58. The summed E-state index contributed by atoms with van der Waals surface area (Å²) in [4.78, 5) is 31.1. The fourth-order valence-corrected chi connectivity index (χ4v) is 18.0.